The molecule has 2 heterocycles. The molecule has 1 aliphatic heterocycles. The molecule has 1 atom stereocenters. The van der Waals surface area contributed by atoms with Crippen molar-refractivity contribution >= 4 is 11.7 Å². The Kier molecular flexibility index (Phi) is 5.14. The number of halogens is 1. The number of anilines is 1. The maximum absolute atomic E-state index is 12.2. The normalized spacial score (nSPS) is 15.3. The van der Waals surface area contributed by atoms with E-state index in [1.807, 2.05) is 18.2 Å². The van der Waals surface area contributed by atoms with Gasteiger partial charge in [-0.05, 0) is 30.2 Å². The van der Waals surface area contributed by atoms with Crippen molar-refractivity contribution in [2.45, 2.75) is 12.3 Å². The average Bonchev–Trinajstić information content (AvgIpc) is 2.64. The summed E-state index contributed by atoms with van der Waals surface area (Å²) in [4.78, 5) is 15.2. The zero-order valence-corrected chi connectivity index (χ0v) is 13.5. The summed E-state index contributed by atoms with van der Waals surface area (Å²) < 4.78 is 17.9. The van der Waals surface area contributed by atoms with Gasteiger partial charge in [0.05, 0.1) is 24.1 Å². The summed E-state index contributed by atoms with van der Waals surface area (Å²) in [6, 6.07) is 7.07. The van der Waals surface area contributed by atoms with Gasteiger partial charge in [0.1, 0.15) is 5.75 Å². The fraction of sp³-hybridized carbons (Fsp3) is 0.263. The molecule has 0 radical (unpaired) electrons. The summed E-state index contributed by atoms with van der Waals surface area (Å²) in [5, 5.41) is 12.4. The third-order valence-corrected chi connectivity index (χ3v) is 4.07. The Labute approximate surface area is 144 Å². The minimum absolute atomic E-state index is 0.175. The molecule has 0 spiro atoms. The lowest BCUT2D eigenvalue weighted by Gasteiger charge is -2.26. The Balaban J connectivity index is 1.77. The molecule has 2 aromatic rings. The summed E-state index contributed by atoms with van der Waals surface area (Å²) in [6.07, 6.45) is 3.79. The monoisotopic (exact) mass is 340 g/mol. The van der Waals surface area contributed by atoms with Crippen LogP contribution < -0.4 is 10.1 Å². The minimum atomic E-state index is -0.992. The van der Waals surface area contributed by atoms with Crippen molar-refractivity contribution < 1.29 is 19.0 Å². The quantitative estimate of drug-likeness (QED) is 0.837. The molecule has 1 aromatic carbocycles. The number of aromatic nitrogens is 1. The number of hydrogen-bond acceptors (Lipinski definition) is 4. The molecule has 6 heteroatoms. The number of hydrogen-bond donors (Lipinski definition) is 2. The third-order valence-electron chi connectivity index (χ3n) is 4.07. The van der Waals surface area contributed by atoms with E-state index in [-0.39, 0.29) is 11.5 Å². The van der Waals surface area contributed by atoms with Gasteiger partial charge in [0.2, 0.25) is 0 Å². The maximum atomic E-state index is 12.2. The predicted octanol–water partition coefficient (Wildman–Crippen LogP) is 3.08. The second-order valence-electron chi connectivity index (χ2n) is 5.63. The molecule has 25 heavy (non-hydrogen) atoms. The molecule has 1 aliphatic rings. The van der Waals surface area contributed by atoms with Crippen molar-refractivity contribution in [2.75, 3.05) is 25.1 Å². The van der Waals surface area contributed by atoms with Crippen LogP contribution in [0.3, 0.4) is 0 Å². The summed E-state index contributed by atoms with van der Waals surface area (Å²) in [5.74, 6) is 5.07. The van der Waals surface area contributed by atoms with Crippen LogP contribution in [0.1, 0.15) is 33.8 Å². The van der Waals surface area contributed by atoms with Crippen LogP contribution in [-0.2, 0) is 0 Å². The molecule has 0 aliphatic carbocycles. The van der Waals surface area contributed by atoms with Crippen LogP contribution >= 0.6 is 0 Å². The first kappa shape index (κ1) is 16.8. The largest absolute Gasteiger partial charge is 0.493 e. The SMILES string of the molecule is O=C(O)c1ccncc1NCC1CCOc2cc(C#CCF)ccc21. The number of carbonyl (C=O) groups is 1. The van der Waals surface area contributed by atoms with Crippen molar-refractivity contribution in [3.8, 4) is 17.6 Å². The number of nitrogens with one attached hydrogen (secondary N) is 1. The molecule has 0 saturated carbocycles. The molecule has 3 rings (SSSR count). The Morgan fingerprint density at radius 3 is 3.12 bits per heavy atom. The Hall–Kier alpha value is -3.07. The molecule has 1 unspecified atom stereocenters. The lowest BCUT2D eigenvalue weighted by molar-refractivity contribution is 0.0697. The molecule has 5 nitrogen and oxygen atoms in total. The second kappa shape index (κ2) is 7.67. The van der Waals surface area contributed by atoms with Gasteiger partial charge in [-0.1, -0.05) is 17.9 Å². The molecule has 0 bridgehead atoms. The van der Waals surface area contributed by atoms with Crippen LogP contribution in [0.2, 0.25) is 0 Å². The van der Waals surface area contributed by atoms with Gasteiger partial charge >= 0.3 is 5.97 Å². The van der Waals surface area contributed by atoms with E-state index in [0.29, 0.717) is 24.4 Å². The van der Waals surface area contributed by atoms with Gasteiger partial charge < -0.3 is 15.2 Å². The number of aromatic carboxylic acids is 1. The zero-order chi connectivity index (χ0) is 17.6. The van der Waals surface area contributed by atoms with E-state index in [9.17, 15) is 14.3 Å². The third kappa shape index (κ3) is 3.89. The summed E-state index contributed by atoms with van der Waals surface area (Å²) in [6.45, 7) is 0.456. The first-order valence-electron chi connectivity index (χ1n) is 7.92. The molecule has 0 saturated heterocycles. The Morgan fingerprint density at radius 1 is 1.44 bits per heavy atom. The van der Waals surface area contributed by atoms with Crippen molar-refractivity contribution in [1.29, 1.82) is 0 Å². The van der Waals surface area contributed by atoms with Crippen LogP contribution in [0.5, 0.6) is 5.75 Å². The Morgan fingerprint density at radius 2 is 2.32 bits per heavy atom. The van der Waals surface area contributed by atoms with Crippen molar-refractivity contribution in [3.63, 3.8) is 0 Å². The maximum Gasteiger partial charge on any atom is 0.337 e. The van der Waals surface area contributed by atoms with Gasteiger partial charge in [0, 0.05) is 24.2 Å². The van der Waals surface area contributed by atoms with Gasteiger partial charge in [-0.2, -0.15) is 0 Å². The fourth-order valence-corrected chi connectivity index (χ4v) is 2.84. The van der Waals surface area contributed by atoms with E-state index in [4.69, 9.17) is 4.74 Å². The van der Waals surface area contributed by atoms with Gasteiger partial charge in [0.15, 0.2) is 6.67 Å². The molecule has 128 valence electrons. The standard InChI is InChI=1S/C19H17FN2O3/c20-7-1-2-13-3-4-15-14(6-9-25-18(15)10-13)11-22-17-12-21-8-5-16(17)19(23)24/h3-5,8,10,12,14,22H,6-7,9,11H2,(H,23,24). The minimum Gasteiger partial charge on any atom is -0.493 e. The number of nitrogens with zero attached hydrogens (tertiary/aromatic N) is 1. The number of fused-ring (bicyclic) bond motifs is 1. The number of alkyl halides is 1. The molecule has 2 N–H and O–H groups in total. The van der Waals surface area contributed by atoms with Crippen LogP contribution in [0.15, 0.2) is 36.7 Å². The van der Waals surface area contributed by atoms with Crippen LogP contribution in [0, 0.1) is 11.8 Å². The molecular formula is C19H17FN2O3. The lowest BCUT2D eigenvalue weighted by atomic mass is 9.92. The number of ether oxygens (including phenoxy) is 1. The van der Waals surface area contributed by atoms with E-state index >= 15 is 0 Å². The highest BCUT2D eigenvalue weighted by Crippen LogP contribution is 2.34. The number of rotatable bonds is 4. The highest BCUT2D eigenvalue weighted by molar-refractivity contribution is 5.93. The highest BCUT2D eigenvalue weighted by atomic mass is 19.1. The first-order valence-corrected chi connectivity index (χ1v) is 7.92. The van der Waals surface area contributed by atoms with Crippen LogP contribution in [-0.4, -0.2) is 35.9 Å². The molecular weight excluding hydrogens is 323 g/mol. The molecule has 1 aromatic heterocycles. The number of carboxylic acids is 1. The highest BCUT2D eigenvalue weighted by Gasteiger charge is 2.22. The van der Waals surface area contributed by atoms with E-state index in [2.05, 4.69) is 22.1 Å². The lowest BCUT2D eigenvalue weighted by Crippen LogP contribution is -2.21. The summed E-state index contributed by atoms with van der Waals surface area (Å²) in [7, 11) is 0. The van der Waals surface area contributed by atoms with E-state index in [0.717, 1.165) is 17.7 Å². The topological polar surface area (TPSA) is 71.5 Å². The summed E-state index contributed by atoms with van der Waals surface area (Å²) in [5.41, 5.74) is 2.43. The average molecular weight is 340 g/mol. The molecule has 0 amide bonds. The van der Waals surface area contributed by atoms with Crippen LogP contribution in [0.25, 0.3) is 0 Å². The number of benzene rings is 1. The van der Waals surface area contributed by atoms with E-state index in [1.165, 1.54) is 18.5 Å². The van der Waals surface area contributed by atoms with E-state index in [1.54, 1.807) is 0 Å². The van der Waals surface area contributed by atoms with Crippen molar-refractivity contribution in [1.82, 2.24) is 4.98 Å². The number of carboxylic acid groups (broad SMARTS) is 1. The van der Waals surface area contributed by atoms with Gasteiger partial charge in [-0.25, -0.2) is 9.18 Å². The van der Waals surface area contributed by atoms with Crippen molar-refractivity contribution in [2.24, 2.45) is 0 Å². The van der Waals surface area contributed by atoms with Crippen molar-refractivity contribution in [3.05, 3.63) is 53.3 Å². The van der Waals surface area contributed by atoms with E-state index < -0.39 is 12.6 Å². The predicted molar refractivity (Wildman–Crippen MR) is 91.8 cm³/mol. The molecule has 0 fully saturated rings. The Bertz CT molecular complexity index is 842. The van der Waals surface area contributed by atoms with Gasteiger partial charge in [-0.3, -0.25) is 4.98 Å². The number of pyridine rings is 1. The smallest absolute Gasteiger partial charge is 0.337 e. The van der Waals surface area contributed by atoms with Gasteiger partial charge in [-0.15, -0.1) is 0 Å². The first-order chi connectivity index (χ1) is 12.2. The second-order valence-corrected chi connectivity index (χ2v) is 5.63. The van der Waals surface area contributed by atoms with Gasteiger partial charge in [0.25, 0.3) is 0 Å². The fourth-order valence-electron chi connectivity index (χ4n) is 2.84. The summed E-state index contributed by atoms with van der Waals surface area (Å²) >= 11 is 0. The zero-order valence-electron chi connectivity index (χ0n) is 13.5. The van der Waals surface area contributed by atoms with Crippen LogP contribution in [0.4, 0.5) is 10.1 Å².